The minimum absolute atomic E-state index is 0.0650. The van der Waals surface area contributed by atoms with E-state index in [4.69, 9.17) is 30.2 Å². The van der Waals surface area contributed by atoms with Crippen molar-refractivity contribution in [3.8, 4) is 0 Å². The van der Waals surface area contributed by atoms with Crippen molar-refractivity contribution < 1.29 is 44.1 Å². The molecule has 0 saturated heterocycles. The van der Waals surface area contributed by atoms with Gasteiger partial charge in [-0.1, -0.05) is 0 Å². The van der Waals surface area contributed by atoms with Crippen molar-refractivity contribution in [3.05, 3.63) is 0 Å². The number of aldehydes is 1. The average molecular weight is 260 g/mol. The Labute approximate surface area is 90.2 Å². The van der Waals surface area contributed by atoms with Crippen LogP contribution in [0.1, 0.15) is 0 Å². The summed E-state index contributed by atoms with van der Waals surface area (Å²) in [6.07, 6.45) is -7.80. The molecular formula is C6H13O9P. The van der Waals surface area contributed by atoms with E-state index < -0.39 is 38.8 Å². The summed E-state index contributed by atoms with van der Waals surface area (Å²) in [7, 11) is -4.80. The highest BCUT2D eigenvalue weighted by atomic mass is 31.2. The summed E-state index contributed by atoms with van der Waals surface area (Å²) in [5, 5.41) is 36.1. The standard InChI is InChI=1S/C6H13O9P/c7-1-3(8)5(10)6(11)4(9)2-15-16(12,13)14/h1,3-6,8-11H,2H2,(H2,12,13,14)/t3-,4+,5-,6+/m0/s1. The van der Waals surface area contributed by atoms with Gasteiger partial charge in [0, 0.05) is 0 Å². The number of aliphatic hydroxyl groups is 4. The number of hydrogen-bond acceptors (Lipinski definition) is 7. The number of rotatable bonds is 7. The first-order valence-corrected chi connectivity index (χ1v) is 5.59. The smallest absolute Gasteiger partial charge is 0.388 e. The SMILES string of the molecule is O=C[C@H](O)[C@H](O)[C@H](O)[C@H](O)COP(=O)(O)O. The monoisotopic (exact) mass is 260 g/mol. The van der Waals surface area contributed by atoms with E-state index in [9.17, 15) is 9.36 Å². The molecule has 0 bridgehead atoms. The zero-order valence-corrected chi connectivity index (χ0v) is 8.84. The van der Waals surface area contributed by atoms with Crippen LogP contribution in [0.3, 0.4) is 0 Å². The largest absolute Gasteiger partial charge is 0.469 e. The van der Waals surface area contributed by atoms with Crippen LogP contribution in [-0.4, -0.2) is 67.5 Å². The molecular weight excluding hydrogens is 247 g/mol. The summed E-state index contributed by atoms with van der Waals surface area (Å²) < 4.78 is 14.1. The molecule has 96 valence electrons. The fraction of sp³-hybridized carbons (Fsp3) is 0.833. The topological polar surface area (TPSA) is 165 Å². The van der Waals surface area contributed by atoms with E-state index in [1.807, 2.05) is 0 Å². The lowest BCUT2D eigenvalue weighted by Gasteiger charge is -2.23. The molecule has 0 saturated carbocycles. The Morgan fingerprint density at radius 2 is 1.62 bits per heavy atom. The molecule has 0 aromatic heterocycles. The second-order valence-electron chi connectivity index (χ2n) is 2.96. The normalized spacial score (nSPS) is 19.9. The first-order valence-electron chi connectivity index (χ1n) is 4.06. The number of hydrogen-bond donors (Lipinski definition) is 6. The van der Waals surface area contributed by atoms with Crippen LogP contribution >= 0.6 is 7.82 Å². The number of phosphoric ester groups is 1. The van der Waals surface area contributed by atoms with E-state index in [2.05, 4.69) is 4.52 Å². The van der Waals surface area contributed by atoms with Crippen molar-refractivity contribution in [2.45, 2.75) is 24.4 Å². The summed E-state index contributed by atoms with van der Waals surface area (Å²) in [6, 6.07) is 0. The van der Waals surface area contributed by atoms with Crippen molar-refractivity contribution in [2.75, 3.05) is 6.61 Å². The molecule has 6 N–H and O–H groups in total. The molecule has 0 aromatic carbocycles. The van der Waals surface area contributed by atoms with Gasteiger partial charge in [0.05, 0.1) is 6.61 Å². The van der Waals surface area contributed by atoms with Gasteiger partial charge in [-0.2, -0.15) is 0 Å². The Kier molecular flexibility index (Phi) is 6.23. The third-order valence-corrected chi connectivity index (χ3v) is 2.13. The van der Waals surface area contributed by atoms with Crippen LogP contribution in [0.2, 0.25) is 0 Å². The van der Waals surface area contributed by atoms with Crippen LogP contribution in [0.15, 0.2) is 0 Å². The Morgan fingerprint density at radius 1 is 1.12 bits per heavy atom. The zero-order chi connectivity index (χ0) is 12.9. The van der Waals surface area contributed by atoms with E-state index >= 15 is 0 Å². The summed E-state index contributed by atoms with van der Waals surface area (Å²) >= 11 is 0. The predicted molar refractivity (Wildman–Crippen MR) is 48.1 cm³/mol. The molecule has 0 aliphatic carbocycles. The van der Waals surface area contributed by atoms with E-state index in [0.717, 1.165) is 0 Å². The second kappa shape index (κ2) is 6.38. The van der Waals surface area contributed by atoms with Crippen LogP contribution in [0, 0.1) is 0 Å². The summed E-state index contributed by atoms with van der Waals surface area (Å²) in [4.78, 5) is 26.6. The molecule has 0 fully saturated rings. The van der Waals surface area contributed by atoms with Gasteiger partial charge < -0.3 is 35.0 Å². The van der Waals surface area contributed by atoms with E-state index in [1.54, 1.807) is 0 Å². The molecule has 0 aromatic rings. The maximum Gasteiger partial charge on any atom is 0.469 e. The van der Waals surface area contributed by atoms with Gasteiger partial charge in [-0.3, -0.25) is 4.52 Å². The van der Waals surface area contributed by atoms with Crippen LogP contribution in [-0.2, 0) is 13.9 Å². The molecule has 16 heavy (non-hydrogen) atoms. The van der Waals surface area contributed by atoms with Crippen molar-refractivity contribution in [3.63, 3.8) is 0 Å². The van der Waals surface area contributed by atoms with Gasteiger partial charge in [0.2, 0.25) is 0 Å². The van der Waals surface area contributed by atoms with E-state index in [-0.39, 0.29) is 6.29 Å². The minimum Gasteiger partial charge on any atom is -0.388 e. The maximum absolute atomic E-state index is 10.2. The van der Waals surface area contributed by atoms with E-state index in [1.165, 1.54) is 0 Å². The van der Waals surface area contributed by atoms with Crippen molar-refractivity contribution >= 4 is 14.1 Å². The third kappa shape index (κ3) is 5.64. The van der Waals surface area contributed by atoms with Crippen LogP contribution in [0.25, 0.3) is 0 Å². The Hall–Kier alpha value is -0.380. The van der Waals surface area contributed by atoms with Gasteiger partial charge >= 0.3 is 7.82 Å². The van der Waals surface area contributed by atoms with Crippen LogP contribution < -0.4 is 0 Å². The number of carbonyl (C=O) groups is 1. The van der Waals surface area contributed by atoms with E-state index in [0.29, 0.717) is 0 Å². The Morgan fingerprint density at radius 3 is 2.00 bits per heavy atom. The lowest BCUT2D eigenvalue weighted by molar-refractivity contribution is -0.136. The predicted octanol–water partition coefficient (Wildman–Crippen LogP) is -3.26. The molecule has 0 spiro atoms. The summed E-state index contributed by atoms with van der Waals surface area (Å²) in [5.41, 5.74) is 0. The minimum atomic E-state index is -4.80. The average Bonchev–Trinajstić information content (AvgIpc) is 2.21. The van der Waals surface area contributed by atoms with Gasteiger partial charge in [0.25, 0.3) is 0 Å². The fourth-order valence-corrected chi connectivity index (χ4v) is 1.13. The van der Waals surface area contributed by atoms with Crippen LogP contribution in [0.5, 0.6) is 0 Å². The number of carbonyl (C=O) groups excluding carboxylic acids is 1. The highest BCUT2D eigenvalue weighted by Gasteiger charge is 2.31. The van der Waals surface area contributed by atoms with Crippen LogP contribution in [0.4, 0.5) is 0 Å². The molecule has 4 atom stereocenters. The fourth-order valence-electron chi connectivity index (χ4n) is 0.782. The molecule has 0 amide bonds. The number of aliphatic hydroxyl groups excluding tert-OH is 4. The third-order valence-electron chi connectivity index (χ3n) is 1.65. The maximum atomic E-state index is 10.2. The first-order chi connectivity index (χ1) is 7.19. The van der Waals surface area contributed by atoms with Gasteiger partial charge in [-0.15, -0.1) is 0 Å². The van der Waals surface area contributed by atoms with Gasteiger partial charge in [-0.25, -0.2) is 4.57 Å². The van der Waals surface area contributed by atoms with Gasteiger partial charge in [0.1, 0.15) is 24.4 Å². The number of phosphoric acid groups is 1. The summed E-state index contributed by atoms with van der Waals surface area (Å²) in [5.74, 6) is 0. The van der Waals surface area contributed by atoms with Crippen molar-refractivity contribution in [1.29, 1.82) is 0 Å². The molecule has 0 unspecified atom stereocenters. The Balaban J connectivity index is 4.22. The summed E-state index contributed by atoms with van der Waals surface area (Å²) in [6.45, 7) is -0.964. The molecule has 0 rings (SSSR count). The first kappa shape index (κ1) is 15.6. The molecule has 0 aliphatic heterocycles. The van der Waals surface area contributed by atoms with Crippen molar-refractivity contribution in [2.24, 2.45) is 0 Å². The highest BCUT2D eigenvalue weighted by molar-refractivity contribution is 7.46. The molecule has 9 nitrogen and oxygen atoms in total. The molecule has 0 heterocycles. The lowest BCUT2D eigenvalue weighted by atomic mass is 10.0. The van der Waals surface area contributed by atoms with Gasteiger partial charge in [0.15, 0.2) is 6.29 Å². The molecule has 10 heteroatoms. The van der Waals surface area contributed by atoms with Crippen molar-refractivity contribution in [1.82, 2.24) is 0 Å². The highest BCUT2D eigenvalue weighted by Crippen LogP contribution is 2.35. The molecule has 0 radical (unpaired) electrons. The second-order valence-corrected chi connectivity index (χ2v) is 4.20. The zero-order valence-electron chi connectivity index (χ0n) is 7.95. The molecule has 0 aliphatic rings. The lowest BCUT2D eigenvalue weighted by Crippen LogP contribution is -2.46. The van der Waals surface area contributed by atoms with Gasteiger partial charge in [-0.05, 0) is 0 Å². The Bertz CT molecular complexity index is 263. The quantitative estimate of drug-likeness (QED) is 0.203.